The topological polar surface area (TPSA) is 17.1 Å². The van der Waals surface area contributed by atoms with Crippen molar-refractivity contribution in [3.05, 3.63) is 56.2 Å². The van der Waals surface area contributed by atoms with E-state index >= 15 is 0 Å². The van der Waals surface area contributed by atoms with E-state index in [1.54, 1.807) is 11.3 Å². The zero-order chi connectivity index (χ0) is 11.5. The van der Waals surface area contributed by atoms with Crippen molar-refractivity contribution in [2.45, 2.75) is 13.3 Å². The Morgan fingerprint density at radius 2 is 1.88 bits per heavy atom. The lowest BCUT2D eigenvalue weighted by atomic mass is 10.1. The van der Waals surface area contributed by atoms with E-state index in [0.29, 0.717) is 6.42 Å². The second kappa shape index (κ2) is 4.93. The molecule has 0 spiro atoms. The predicted molar refractivity (Wildman–Crippen MR) is 71.2 cm³/mol. The van der Waals surface area contributed by atoms with Gasteiger partial charge in [-0.1, -0.05) is 28.1 Å². The summed E-state index contributed by atoms with van der Waals surface area (Å²) in [5.74, 6) is 0.195. The van der Waals surface area contributed by atoms with Crippen molar-refractivity contribution in [1.82, 2.24) is 0 Å². The number of hydrogen-bond donors (Lipinski definition) is 0. The van der Waals surface area contributed by atoms with Crippen molar-refractivity contribution < 1.29 is 4.79 Å². The Kier molecular flexibility index (Phi) is 3.56. The summed E-state index contributed by atoms with van der Waals surface area (Å²) >= 11 is 4.94. The molecule has 0 saturated carbocycles. The molecule has 0 aliphatic rings. The van der Waals surface area contributed by atoms with Gasteiger partial charge in [-0.2, -0.15) is 0 Å². The number of rotatable bonds is 3. The van der Waals surface area contributed by atoms with E-state index in [2.05, 4.69) is 15.9 Å². The number of carbonyl (C=O) groups excluding carboxylic acids is 1. The van der Waals surface area contributed by atoms with E-state index < -0.39 is 0 Å². The van der Waals surface area contributed by atoms with Gasteiger partial charge in [0.2, 0.25) is 0 Å². The molecule has 1 nitrogen and oxygen atoms in total. The van der Waals surface area contributed by atoms with Crippen LogP contribution in [0.5, 0.6) is 0 Å². The maximum absolute atomic E-state index is 11.9. The molecule has 1 heterocycles. The summed E-state index contributed by atoms with van der Waals surface area (Å²) in [5.41, 5.74) is 1.05. The summed E-state index contributed by atoms with van der Waals surface area (Å²) < 4.78 is 1.04. The fourth-order valence-corrected chi connectivity index (χ4v) is 2.53. The molecular weight excluding hydrogens is 284 g/mol. The lowest BCUT2D eigenvalue weighted by Crippen LogP contribution is -2.00. The lowest BCUT2D eigenvalue weighted by Gasteiger charge is -1.99. The third-order valence-electron chi connectivity index (χ3n) is 2.29. The van der Waals surface area contributed by atoms with E-state index in [1.807, 2.05) is 43.3 Å². The Hall–Kier alpha value is -0.930. The van der Waals surface area contributed by atoms with Crippen LogP contribution in [0.4, 0.5) is 0 Å². The van der Waals surface area contributed by atoms with Gasteiger partial charge in [0.15, 0.2) is 5.78 Å². The van der Waals surface area contributed by atoms with Crippen LogP contribution in [0.1, 0.15) is 20.1 Å². The first kappa shape index (κ1) is 11.6. The fraction of sp³-hybridized carbons (Fsp3) is 0.154. The predicted octanol–water partition coefficient (Wildman–Crippen LogP) is 4.24. The summed E-state index contributed by atoms with van der Waals surface area (Å²) in [6.45, 7) is 2.01. The summed E-state index contributed by atoms with van der Waals surface area (Å²) in [6.07, 6.45) is 0.479. The van der Waals surface area contributed by atoms with Crippen molar-refractivity contribution in [3.8, 4) is 0 Å². The van der Waals surface area contributed by atoms with Crippen LogP contribution >= 0.6 is 27.3 Å². The maximum atomic E-state index is 11.9. The van der Waals surface area contributed by atoms with Crippen LogP contribution in [0.25, 0.3) is 0 Å². The molecular formula is C13H11BrOS. The fourth-order valence-electron chi connectivity index (χ4n) is 1.46. The third kappa shape index (κ3) is 2.80. The van der Waals surface area contributed by atoms with Crippen molar-refractivity contribution >= 4 is 33.0 Å². The van der Waals surface area contributed by atoms with Crippen LogP contribution < -0.4 is 0 Å². The second-order valence-electron chi connectivity index (χ2n) is 3.64. The molecule has 1 aromatic heterocycles. The van der Waals surface area contributed by atoms with Crippen molar-refractivity contribution in [2.75, 3.05) is 0 Å². The Balaban J connectivity index is 2.10. The minimum absolute atomic E-state index is 0.195. The van der Waals surface area contributed by atoms with Gasteiger partial charge in [0.05, 0.1) is 4.88 Å². The summed E-state index contributed by atoms with van der Waals surface area (Å²) in [7, 11) is 0. The molecule has 3 heteroatoms. The highest BCUT2D eigenvalue weighted by atomic mass is 79.9. The van der Waals surface area contributed by atoms with Crippen LogP contribution in [-0.2, 0) is 6.42 Å². The molecule has 2 rings (SSSR count). The number of benzene rings is 1. The van der Waals surface area contributed by atoms with Crippen LogP contribution in [0.15, 0.2) is 40.9 Å². The molecule has 0 amide bonds. The van der Waals surface area contributed by atoms with Gasteiger partial charge in [0, 0.05) is 15.8 Å². The standard InChI is InChI=1S/C13H11BrOS/c1-9-2-7-13(16-9)12(15)8-10-3-5-11(14)6-4-10/h2-7H,8H2,1H3. The van der Waals surface area contributed by atoms with Crippen LogP contribution in [-0.4, -0.2) is 5.78 Å². The van der Waals surface area contributed by atoms with Crippen molar-refractivity contribution in [3.63, 3.8) is 0 Å². The molecule has 0 fully saturated rings. The summed E-state index contributed by atoms with van der Waals surface area (Å²) in [6, 6.07) is 11.8. The average Bonchev–Trinajstić information content (AvgIpc) is 2.68. The van der Waals surface area contributed by atoms with Gasteiger partial charge >= 0.3 is 0 Å². The smallest absolute Gasteiger partial charge is 0.177 e. The first-order valence-electron chi connectivity index (χ1n) is 4.99. The number of ketones is 1. The second-order valence-corrected chi connectivity index (χ2v) is 5.84. The van der Waals surface area contributed by atoms with E-state index in [1.165, 1.54) is 4.88 Å². The van der Waals surface area contributed by atoms with E-state index in [4.69, 9.17) is 0 Å². The Morgan fingerprint density at radius 3 is 2.44 bits per heavy atom. The minimum Gasteiger partial charge on any atom is -0.293 e. The van der Waals surface area contributed by atoms with E-state index in [9.17, 15) is 4.79 Å². The molecule has 0 bridgehead atoms. The SMILES string of the molecule is Cc1ccc(C(=O)Cc2ccc(Br)cc2)s1. The van der Waals surface area contributed by atoms with E-state index in [0.717, 1.165) is 14.9 Å². The van der Waals surface area contributed by atoms with Gasteiger partial charge in [0.25, 0.3) is 0 Å². The summed E-state index contributed by atoms with van der Waals surface area (Å²) in [5, 5.41) is 0. The number of halogens is 1. The quantitative estimate of drug-likeness (QED) is 0.774. The minimum atomic E-state index is 0.195. The average molecular weight is 295 g/mol. The van der Waals surface area contributed by atoms with Gasteiger partial charge in [-0.3, -0.25) is 4.79 Å². The molecule has 0 N–H and O–H groups in total. The molecule has 0 atom stereocenters. The van der Waals surface area contributed by atoms with Gasteiger partial charge < -0.3 is 0 Å². The normalized spacial score (nSPS) is 10.4. The first-order valence-corrected chi connectivity index (χ1v) is 6.60. The summed E-state index contributed by atoms with van der Waals surface area (Å²) in [4.78, 5) is 13.9. The Morgan fingerprint density at radius 1 is 1.19 bits per heavy atom. The lowest BCUT2D eigenvalue weighted by molar-refractivity contribution is 0.0997. The van der Waals surface area contributed by atoms with Gasteiger partial charge in [0.1, 0.15) is 0 Å². The Labute approximate surface area is 107 Å². The zero-order valence-electron chi connectivity index (χ0n) is 8.87. The van der Waals surface area contributed by atoms with Gasteiger partial charge in [-0.25, -0.2) is 0 Å². The molecule has 1 aromatic carbocycles. The van der Waals surface area contributed by atoms with E-state index in [-0.39, 0.29) is 5.78 Å². The number of hydrogen-bond acceptors (Lipinski definition) is 2. The number of thiophene rings is 1. The molecule has 2 aromatic rings. The monoisotopic (exact) mass is 294 g/mol. The van der Waals surface area contributed by atoms with Crippen LogP contribution in [0.3, 0.4) is 0 Å². The van der Waals surface area contributed by atoms with Gasteiger partial charge in [-0.15, -0.1) is 11.3 Å². The third-order valence-corrected chi connectivity index (χ3v) is 3.86. The molecule has 82 valence electrons. The van der Waals surface area contributed by atoms with Crippen LogP contribution in [0, 0.1) is 6.92 Å². The van der Waals surface area contributed by atoms with Crippen molar-refractivity contribution in [1.29, 1.82) is 0 Å². The van der Waals surface area contributed by atoms with Crippen LogP contribution in [0.2, 0.25) is 0 Å². The number of Topliss-reactive ketones (excluding diaryl/α,β-unsaturated/α-hetero) is 1. The molecule has 0 aliphatic heterocycles. The number of aryl methyl sites for hydroxylation is 1. The Bertz CT molecular complexity index is 499. The highest BCUT2D eigenvalue weighted by Crippen LogP contribution is 2.18. The largest absolute Gasteiger partial charge is 0.293 e. The molecule has 0 unspecified atom stereocenters. The maximum Gasteiger partial charge on any atom is 0.177 e. The highest BCUT2D eigenvalue weighted by molar-refractivity contribution is 9.10. The molecule has 0 radical (unpaired) electrons. The number of carbonyl (C=O) groups is 1. The highest BCUT2D eigenvalue weighted by Gasteiger charge is 2.08. The molecule has 16 heavy (non-hydrogen) atoms. The first-order chi connectivity index (χ1) is 7.65. The molecule has 0 aliphatic carbocycles. The van der Waals surface area contributed by atoms with Crippen molar-refractivity contribution in [2.24, 2.45) is 0 Å². The zero-order valence-corrected chi connectivity index (χ0v) is 11.3. The molecule has 0 saturated heterocycles. The van der Waals surface area contributed by atoms with Gasteiger partial charge in [-0.05, 0) is 36.8 Å².